The summed E-state index contributed by atoms with van der Waals surface area (Å²) in [7, 11) is 0. The van der Waals surface area contributed by atoms with Crippen molar-refractivity contribution in [2.75, 3.05) is 19.6 Å². The normalized spacial score (nSPS) is 25.1. The van der Waals surface area contributed by atoms with Crippen LogP contribution in [0.5, 0.6) is 0 Å². The molecule has 178 valence electrons. The van der Waals surface area contributed by atoms with Crippen LogP contribution in [-0.4, -0.2) is 48.4 Å². The quantitative estimate of drug-likeness (QED) is 0.532. The predicted octanol–water partition coefficient (Wildman–Crippen LogP) is 4.31. The number of nitrogens with one attached hydrogen (secondary N) is 2. The number of carbonyl (C=O) groups is 2. The van der Waals surface area contributed by atoms with Crippen molar-refractivity contribution >= 4 is 11.8 Å². The molecule has 0 radical (unpaired) electrons. The fourth-order valence-electron chi connectivity index (χ4n) is 5.30. The molecule has 1 aliphatic heterocycles. The van der Waals surface area contributed by atoms with E-state index in [1.807, 2.05) is 30.3 Å². The minimum Gasteiger partial charge on any atom is -0.354 e. The van der Waals surface area contributed by atoms with E-state index in [9.17, 15) is 9.59 Å². The number of hydrogen-bond acceptors (Lipinski definition) is 3. The molecule has 5 nitrogen and oxygen atoms in total. The number of rotatable bonds is 10. The summed E-state index contributed by atoms with van der Waals surface area (Å²) in [4.78, 5) is 28.6. The van der Waals surface area contributed by atoms with Crippen molar-refractivity contribution < 1.29 is 9.59 Å². The predicted molar refractivity (Wildman–Crippen MR) is 130 cm³/mol. The Morgan fingerprint density at radius 1 is 1.06 bits per heavy atom. The van der Waals surface area contributed by atoms with E-state index in [2.05, 4.69) is 29.4 Å². The van der Waals surface area contributed by atoms with Crippen LogP contribution in [0.15, 0.2) is 30.3 Å². The van der Waals surface area contributed by atoms with Gasteiger partial charge in [-0.2, -0.15) is 0 Å². The summed E-state index contributed by atoms with van der Waals surface area (Å²) >= 11 is 0. The summed E-state index contributed by atoms with van der Waals surface area (Å²) in [5.41, 5.74) is 1.07. The maximum Gasteiger partial charge on any atom is 0.242 e. The summed E-state index contributed by atoms with van der Waals surface area (Å²) in [5.74, 6) is 0.737. The average Bonchev–Trinajstić information content (AvgIpc) is 2.82. The van der Waals surface area contributed by atoms with Gasteiger partial charge in [0.05, 0.1) is 0 Å². The molecule has 0 unspecified atom stereocenters. The summed E-state index contributed by atoms with van der Waals surface area (Å²) in [5, 5.41) is 6.21. The Morgan fingerprint density at radius 2 is 1.81 bits per heavy atom. The number of carbonyl (C=O) groups excluding carboxylic acids is 2. The van der Waals surface area contributed by atoms with Crippen molar-refractivity contribution in [3.63, 3.8) is 0 Å². The number of likely N-dealkylation sites (tertiary alicyclic amines) is 1. The number of piperidine rings is 1. The Morgan fingerprint density at radius 3 is 2.53 bits per heavy atom. The number of amides is 2. The molecular formula is C27H43N3O2. The summed E-state index contributed by atoms with van der Waals surface area (Å²) in [6, 6.07) is 10.2. The molecule has 1 aromatic carbocycles. The highest BCUT2D eigenvalue weighted by Gasteiger charge is 2.28. The lowest BCUT2D eigenvalue weighted by Gasteiger charge is -2.35. The number of nitrogens with zero attached hydrogens (tertiary/aromatic N) is 1. The Balaban J connectivity index is 1.51. The van der Waals surface area contributed by atoms with Gasteiger partial charge < -0.3 is 15.5 Å². The first-order valence-corrected chi connectivity index (χ1v) is 12.9. The fourth-order valence-corrected chi connectivity index (χ4v) is 5.30. The van der Waals surface area contributed by atoms with Gasteiger partial charge in [-0.3, -0.25) is 9.59 Å². The SMILES string of the molecule is CC[C@@H]1CCCCN1CCCNC(=O)[C@H](Cc1ccccc1)NC(=O)C1CCC(C)CC1. The zero-order valence-electron chi connectivity index (χ0n) is 20.2. The van der Waals surface area contributed by atoms with E-state index in [0.29, 0.717) is 24.9 Å². The summed E-state index contributed by atoms with van der Waals surface area (Å²) < 4.78 is 0. The van der Waals surface area contributed by atoms with Crippen LogP contribution < -0.4 is 10.6 Å². The number of benzene rings is 1. The second kappa shape index (κ2) is 13.0. The first-order valence-electron chi connectivity index (χ1n) is 12.9. The topological polar surface area (TPSA) is 61.4 Å². The molecule has 3 rings (SSSR count). The van der Waals surface area contributed by atoms with Gasteiger partial charge in [0.2, 0.25) is 11.8 Å². The molecule has 0 aromatic heterocycles. The molecule has 0 bridgehead atoms. The second-order valence-corrected chi connectivity index (χ2v) is 9.95. The van der Waals surface area contributed by atoms with Crippen LogP contribution in [0.2, 0.25) is 0 Å². The van der Waals surface area contributed by atoms with E-state index < -0.39 is 6.04 Å². The summed E-state index contributed by atoms with van der Waals surface area (Å²) in [6.07, 6.45) is 10.7. The molecule has 1 saturated carbocycles. The average molecular weight is 442 g/mol. The van der Waals surface area contributed by atoms with Crippen LogP contribution >= 0.6 is 0 Å². The van der Waals surface area contributed by atoms with Gasteiger partial charge in [-0.25, -0.2) is 0 Å². The molecule has 32 heavy (non-hydrogen) atoms. The van der Waals surface area contributed by atoms with E-state index >= 15 is 0 Å². The fraction of sp³-hybridized carbons (Fsp3) is 0.704. The molecule has 2 N–H and O–H groups in total. The van der Waals surface area contributed by atoms with Gasteiger partial charge in [0.15, 0.2) is 0 Å². The van der Waals surface area contributed by atoms with E-state index in [0.717, 1.165) is 44.2 Å². The third kappa shape index (κ3) is 7.61. The lowest BCUT2D eigenvalue weighted by Crippen LogP contribution is -2.50. The zero-order valence-corrected chi connectivity index (χ0v) is 20.2. The van der Waals surface area contributed by atoms with Gasteiger partial charge >= 0.3 is 0 Å². The van der Waals surface area contributed by atoms with Crippen molar-refractivity contribution in [3.8, 4) is 0 Å². The van der Waals surface area contributed by atoms with E-state index in [1.54, 1.807) is 0 Å². The smallest absolute Gasteiger partial charge is 0.242 e. The van der Waals surface area contributed by atoms with Crippen LogP contribution in [0.1, 0.15) is 77.2 Å². The van der Waals surface area contributed by atoms with Crippen molar-refractivity contribution in [1.82, 2.24) is 15.5 Å². The number of hydrogen-bond donors (Lipinski definition) is 2. The van der Waals surface area contributed by atoms with Gasteiger partial charge in [0, 0.05) is 31.5 Å². The van der Waals surface area contributed by atoms with E-state index in [4.69, 9.17) is 0 Å². The maximum atomic E-state index is 13.1. The Bertz CT molecular complexity index is 700. The highest BCUT2D eigenvalue weighted by Crippen LogP contribution is 2.28. The van der Waals surface area contributed by atoms with Crippen LogP contribution in [0.3, 0.4) is 0 Å². The molecule has 0 spiro atoms. The molecular weight excluding hydrogens is 398 g/mol. The molecule has 2 atom stereocenters. The first kappa shape index (κ1) is 24.8. The molecule has 1 aromatic rings. The molecule has 5 heteroatoms. The molecule has 1 heterocycles. The van der Waals surface area contributed by atoms with Crippen molar-refractivity contribution in [2.24, 2.45) is 11.8 Å². The maximum absolute atomic E-state index is 13.1. The first-order chi connectivity index (χ1) is 15.6. The third-order valence-corrected chi connectivity index (χ3v) is 7.44. The molecule has 2 fully saturated rings. The molecule has 1 saturated heterocycles. The zero-order chi connectivity index (χ0) is 22.8. The Labute approximate surface area is 194 Å². The second-order valence-electron chi connectivity index (χ2n) is 9.95. The highest BCUT2D eigenvalue weighted by atomic mass is 16.2. The molecule has 2 aliphatic rings. The van der Waals surface area contributed by atoms with Gasteiger partial charge in [-0.15, -0.1) is 0 Å². The van der Waals surface area contributed by atoms with Crippen LogP contribution in [-0.2, 0) is 16.0 Å². The molecule has 1 aliphatic carbocycles. The van der Waals surface area contributed by atoms with Gasteiger partial charge in [0.25, 0.3) is 0 Å². The highest BCUT2D eigenvalue weighted by molar-refractivity contribution is 5.88. The lowest BCUT2D eigenvalue weighted by molar-refractivity contribution is -0.131. The standard InChI is InChI=1S/C27H43N3O2/c1-3-24-12-7-8-18-30(24)19-9-17-28-27(32)25(20-22-10-5-4-6-11-22)29-26(31)23-15-13-21(2)14-16-23/h4-6,10-11,21,23-25H,3,7-9,12-20H2,1-2H3,(H,28,32)(H,29,31)/t21?,23?,24-,25+/m1/s1. The third-order valence-electron chi connectivity index (χ3n) is 7.44. The van der Waals surface area contributed by atoms with Gasteiger partial charge in [-0.1, -0.05) is 50.6 Å². The Kier molecular flexibility index (Phi) is 10.0. The largest absolute Gasteiger partial charge is 0.354 e. The van der Waals surface area contributed by atoms with Crippen molar-refractivity contribution in [2.45, 2.75) is 90.1 Å². The lowest BCUT2D eigenvalue weighted by atomic mass is 9.82. The summed E-state index contributed by atoms with van der Waals surface area (Å²) in [6.45, 7) is 7.41. The van der Waals surface area contributed by atoms with Gasteiger partial charge in [0.1, 0.15) is 6.04 Å². The van der Waals surface area contributed by atoms with Crippen LogP contribution in [0.25, 0.3) is 0 Å². The van der Waals surface area contributed by atoms with Crippen LogP contribution in [0, 0.1) is 11.8 Å². The van der Waals surface area contributed by atoms with E-state index in [1.165, 1.54) is 32.2 Å². The van der Waals surface area contributed by atoms with Crippen molar-refractivity contribution in [3.05, 3.63) is 35.9 Å². The minimum atomic E-state index is -0.511. The molecule has 2 amide bonds. The Hall–Kier alpha value is -1.88. The monoisotopic (exact) mass is 441 g/mol. The van der Waals surface area contributed by atoms with Crippen molar-refractivity contribution in [1.29, 1.82) is 0 Å². The van der Waals surface area contributed by atoms with Crippen LogP contribution in [0.4, 0.5) is 0 Å². The minimum absolute atomic E-state index is 0.0438. The van der Waals surface area contributed by atoms with Gasteiger partial charge in [-0.05, 0) is 69.4 Å². The van der Waals surface area contributed by atoms with E-state index in [-0.39, 0.29) is 17.7 Å².